The van der Waals surface area contributed by atoms with Crippen molar-refractivity contribution in [2.75, 3.05) is 0 Å². The fraction of sp³-hybridized carbons (Fsp3) is 0.158. The summed E-state index contributed by atoms with van der Waals surface area (Å²) in [5.74, 6) is 0.855. The van der Waals surface area contributed by atoms with E-state index < -0.39 is 0 Å². The summed E-state index contributed by atoms with van der Waals surface area (Å²) in [7, 11) is 0. The Morgan fingerprint density at radius 3 is 2.79 bits per heavy atom. The Labute approximate surface area is 144 Å². The molecule has 0 saturated heterocycles. The fourth-order valence-corrected chi connectivity index (χ4v) is 3.38. The second-order valence-corrected chi connectivity index (χ2v) is 6.76. The van der Waals surface area contributed by atoms with Gasteiger partial charge in [0.25, 0.3) is 0 Å². The maximum Gasteiger partial charge on any atom is 0.155 e. The minimum absolute atomic E-state index is 0.148. The van der Waals surface area contributed by atoms with Crippen molar-refractivity contribution in [3.05, 3.63) is 60.4 Å². The van der Waals surface area contributed by atoms with Crippen molar-refractivity contribution in [3.63, 3.8) is 0 Å². The van der Waals surface area contributed by atoms with Crippen molar-refractivity contribution < 1.29 is 4.74 Å². The highest BCUT2D eigenvalue weighted by Gasteiger charge is 2.10. The molecule has 0 saturated carbocycles. The van der Waals surface area contributed by atoms with Crippen molar-refractivity contribution >= 4 is 17.0 Å². The largest absolute Gasteiger partial charge is 0.491 e. The van der Waals surface area contributed by atoms with E-state index in [0.717, 1.165) is 28.3 Å². The van der Waals surface area contributed by atoms with Crippen LogP contribution in [0.3, 0.4) is 0 Å². The number of imidazole rings is 1. The molecule has 0 N–H and O–H groups in total. The zero-order chi connectivity index (χ0) is 16.5. The number of ether oxygens (including phenoxy) is 1. The zero-order valence-electron chi connectivity index (χ0n) is 13.5. The van der Waals surface area contributed by atoms with Crippen LogP contribution in [0.15, 0.2) is 60.4 Å². The van der Waals surface area contributed by atoms with Gasteiger partial charge in [0.2, 0.25) is 0 Å². The first kappa shape index (κ1) is 14.9. The van der Waals surface area contributed by atoms with Gasteiger partial charge in [-0.15, -0.1) is 11.3 Å². The lowest BCUT2D eigenvalue weighted by Crippen LogP contribution is -2.05. The number of hydrogen-bond acceptors (Lipinski definition) is 4. The summed E-state index contributed by atoms with van der Waals surface area (Å²) < 4.78 is 7.87. The highest BCUT2D eigenvalue weighted by atomic mass is 32.1. The molecule has 0 fully saturated rings. The van der Waals surface area contributed by atoms with E-state index in [0.29, 0.717) is 0 Å². The fourth-order valence-electron chi connectivity index (χ4n) is 2.65. The lowest BCUT2D eigenvalue weighted by Gasteiger charge is -2.11. The van der Waals surface area contributed by atoms with Crippen LogP contribution >= 0.6 is 11.3 Å². The molecule has 0 atom stereocenters. The number of thiophene rings is 1. The Kier molecular flexibility index (Phi) is 3.78. The molecule has 0 aliphatic rings. The molecule has 0 aliphatic heterocycles. The smallest absolute Gasteiger partial charge is 0.155 e. The van der Waals surface area contributed by atoms with Gasteiger partial charge >= 0.3 is 0 Å². The van der Waals surface area contributed by atoms with Crippen LogP contribution < -0.4 is 4.74 Å². The Morgan fingerprint density at radius 2 is 2.00 bits per heavy atom. The first-order chi connectivity index (χ1) is 11.7. The van der Waals surface area contributed by atoms with Crippen LogP contribution in [0.5, 0.6) is 5.75 Å². The highest BCUT2D eigenvalue weighted by molar-refractivity contribution is 7.13. The maximum absolute atomic E-state index is 5.79. The van der Waals surface area contributed by atoms with E-state index >= 15 is 0 Å². The second-order valence-electron chi connectivity index (χ2n) is 5.82. The summed E-state index contributed by atoms with van der Waals surface area (Å²) in [5.41, 5.74) is 3.85. The predicted molar refractivity (Wildman–Crippen MR) is 97.5 cm³/mol. The molecule has 3 aromatic heterocycles. The number of benzene rings is 1. The van der Waals surface area contributed by atoms with Gasteiger partial charge in [-0.1, -0.05) is 18.2 Å². The van der Waals surface area contributed by atoms with Crippen LogP contribution in [0.2, 0.25) is 0 Å². The van der Waals surface area contributed by atoms with Crippen molar-refractivity contribution in [1.82, 2.24) is 14.4 Å². The van der Waals surface area contributed by atoms with E-state index in [1.54, 1.807) is 11.3 Å². The Hall–Kier alpha value is -2.66. The lowest BCUT2D eigenvalue weighted by molar-refractivity contribution is 0.242. The van der Waals surface area contributed by atoms with Gasteiger partial charge in [0.05, 0.1) is 34.8 Å². The van der Waals surface area contributed by atoms with Crippen LogP contribution in [0.1, 0.15) is 13.8 Å². The molecule has 4 rings (SSSR count). The third kappa shape index (κ3) is 2.78. The minimum atomic E-state index is 0.148. The first-order valence-corrected chi connectivity index (χ1v) is 8.73. The van der Waals surface area contributed by atoms with Crippen LogP contribution in [0, 0.1) is 0 Å². The predicted octanol–water partition coefficient (Wildman–Crippen LogP) is 4.91. The molecule has 4 aromatic rings. The quantitative estimate of drug-likeness (QED) is 0.532. The van der Waals surface area contributed by atoms with E-state index in [1.165, 1.54) is 4.88 Å². The average molecular weight is 335 g/mol. The molecule has 3 heterocycles. The van der Waals surface area contributed by atoms with Crippen LogP contribution in [-0.4, -0.2) is 20.5 Å². The molecule has 0 amide bonds. The maximum atomic E-state index is 5.79. The van der Waals surface area contributed by atoms with Gasteiger partial charge in [-0.2, -0.15) is 0 Å². The summed E-state index contributed by atoms with van der Waals surface area (Å²) >= 11 is 1.71. The molecular weight excluding hydrogens is 318 g/mol. The standard InChI is InChI=1S/C19H17N3OS/c1-13(2)23-15-6-3-5-14(9-15)16-12-22-17(18-7-4-8-24-18)10-21-19(22)11-20-16/h3-13H,1-2H3. The third-order valence-corrected chi connectivity index (χ3v) is 4.56. The van der Waals surface area contributed by atoms with E-state index in [4.69, 9.17) is 4.74 Å². The van der Waals surface area contributed by atoms with Gasteiger partial charge in [0.1, 0.15) is 5.75 Å². The molecule has 24 heavy (non-hydrogen) atoms. The average Bonchev–Trinajstić information content (AvgIpc) is 3.23. The van der Waals surface area contributed by atoms with E-state index in [9.17, 15) is 0 Å². The molecular formula is C19H17N3OS. The number of rotatable bonds is 4. The van der Waals surface area contributed by atoms with Crippen LogP contribution in [-0.2, 0) is 0 Å². The Balaban J connectivity index is 1.79. The Bertz CT molecular complexity index is 973. The molecule has 0 aliphatic carbocycles. The first-order valence-electron chi connectivity index (χ1n) is 7.85. The van der Waals surface area contributed by atoms with Gasteiger partial charge in [-0.25, -0.2) is 4.98 Å². The van der Waals surface area contributed by atoms with Gasteiger partial charge < -0.3 is 4.74 Å². The number of fused-ring (bicyclic) bond motifs is 1. The van der Waals surface area contributed by atoms with Crippen molar-refractivity contribution in [2.24, 2.45) is 0 Å². The zero-order valence-corrected chi connectivity index (χ0v) is 14.3. The van der Waals surface area contributed by atoms with E-state index in [1.807, 2.05) is 62.8 Å². The topological polar surface area (TPSA) is 39.4 Å². The Morgan fingerprint density at radius 1 is 1.08 bits per heavy atom. The molecule has 0 unspecified atom stereocenters. The summed E-state index contributed by atoms with van der Waals surface area (Å²) in [6, 6.07) is 12.2. The van der Waals surface area contributed by atoms with Gasteiger partial charge in [-0.05, 0) is 37.4 Å². The lowest BCUT2D eigenvalue weighted by atomic mass is 10.1. The molecule has 0 bridgehead atoms. The molecule has 0 spiro atoms. The molecule has 1 aromatic carbocycles. The van der Waals surface area contributed by atoms with E-state index in [-0.39, 0.29) is 6.10 Å². The SMILES string of the molecule is CC(C)Oc1cccc(-c2cn3c(-c4cccs4)cnc3cn2)c1. The van der Waals surface area contributed by atoms with Gasteiger partial charge in [0, 0.05) is 11.8 Å². The molecule has 5 heteroatoms. The molecule has 4 nitrogen and oxygen atoms in total. The minimum Gasteiger partial charge on any atom is -0.491 e. The van der Waals surface area contributed by atoms with Gasteiger partial charge in [-0.3, -0.25) is 9.38 Å². The number of hydrogen-bond donors (Lipinski definition) is 0. The van der Waals surface area contributed by atoms with Crippen molar-refractivity contribution in [3.8, 4) is 27.6 Å². The number of aromatic nitrogens is 3. The van der Waals surface area contributed by atoms with Crippen LogP contribution in [0.25, 0.3) is 27.5 Å². The monoisotopic (exact) mass is 335 g/mol. The molecule has 0 radical (unpaired) electrons. The van der Waals surface area contributed by atoms with Gasteiger partial charge in [0.15, 0.2) is 5.65 Å². The summed E-state index contributed by atoms with van der Waals surface area (Å²) in [5, 5.41) is 2.07. The normalized spacial score (nSPS) is 11.3. The third-order valence-electron chi connectivity index (χ3n) is 3.67. The van der Waals surface area contributed by atoms with Crippen molar-refractivity contribution in [2.45, 2.75) is 20.0 Å². The summed E-state index contributed by atoms with van der Waals surface area (Å²) in [6.07, 6.45) is 5.88. The highest BCUT2D eigenvalue weighted by Crippen LogP contribution is 2.28. The number of nitrogens with zero attached hydrogens (tertiary/aromatic N) is 3. The second kappa shape index (κ2) is 6.09. The summed E-state index contributed by atoms with van der Waals surface area (Å²) in [6.45, 7) is 4.05. The van der Waals surface area contributed by atoms with Crippen LogP contribution in [0.4, 0.5) is 0 Å². The molecule has 120 valence electrons. The summed E-state index contributed by atoms with van der Waals surface area (Å²) in [4.78, 5) is 10.2. The van der Waals surface area contributed by atoms with E-state index in [2.05, 4.69) is 25.8 Å². The van der Waals surface area contributed by atoms with Crippen molar-refractivity contribution in [1.29, 1.82) is 0 Å².